The summed E-state index contributed by atoms with van der Waals surface area (Å²) < 4.78 is 4.69. The summed E-state index contributed by atoms with van der Waals surface area (Å²) in [5.74, 6) is 0.578. The molecular weight excluding hydrogens is 138 g/mol. The second kappa shape index (κ2) is 7.40. The molecule has 0 rings (SSSR count). The fraction of sp³-hybridized carbons (Fsp3) is 0.889. The fourth-order valence-corrected chi connectivity index (χ4v) is 1.05. The Balaban J connectivity index is 3.34. The van der Waals surface area contributed by atoms with Crippen molar-refractivity contribution in [3.05, 3.63) is 0 Å². The summed E-state index contributed by atoms with van der Waals surface area (Å²) >= 11 is 0. The molecule has 0 bridgehead atoms. The van der Waals surface area contributed by atoms with Crippen LogP contribution in [-0.2, 0) is 4.74 Å². The van der Waals surface area contributed by atoms with E-state index in [0.29, 0.717) is 12.5 Å². The monoisotopic (exact) mass is 155 g/mol. The van der Waals surface area contributed by atoms with E-state index in [1.54, 1.807) is 6.26 Å². The lowest BCUT2D eigenvalue weighted by atomic mass is 10.0. The van der Waals surface area contributed by atoms with Crippen molar-refractivity contribution in [3.8, 4) is 6.26 Å². The third-order valence-corrected chi connectivity index (χ3v) is 1.93. The first-order valence-electron chi connectivity index (χ1n) is 4.36. The van der Waals surface area contributed by atoms with Gasteiger partial charge in [-0.1, -0.05) is 33.1 Å². The number of nitrogens with zero attached hydrogens (tertiary/aromatic N) is 1. The molecule has 64 valence electrons. The molecule has 1 atom stereocenters. The average Bonchev–Trinajstić information content (AvgIpc) is 2.05. The first kappa shape index (κ1) is 10.3. The van der Waals surface area contributed by atoms with Crippen molar-refractivity contribution >= 4 is 0 Å². The van der Waals surface area contributed by atoms with E-state index in [-0.39, 0.29) is 0 Å². The third kappa shape index (κ3) is 5.72. The van der Waals surface area contributed by atoms with Crippen molar-refractivity contribution < 1.29 is 4.74 Å². The molecule has 1 unspecified atom stereocenters. The maximum Gasteiger partial charge on any atom is 0.286 e. The number of nitriles is 1. The van der Waals surface area contributed by atoms with E-state index in [4.69, 9.17) is 5.26 Å². The summed E-state index contributed by atoms with van der Waals surface area (Å²) in [6.07, 6.45) is 6.48. The Morgan fingerprint density at radius 1 is 1.45 bits per heavy atom. The minimum absolute atomic E-state index is 0.578. The Morgan fingerprint density at radius 2 is 2.18 bits per heavy atom. The molecule has 0 aromatic carbocycles. The van der Waals surface area contributed by atoms with Crippen molar-refractivity contribution in [3.63, 3.8) is 0 Å². The van der Waals surface area contributed by atoms with E-state index in [2.05, 4.69) is 18.6 Å². The number of unbranched alkanes of at least 4 members (excludes halogenated alkanes) is 1. The molecular formula is C9H17NO. The second-order valence-electron chi connectivity index (χ2n) is 2.82. The Labute approximate surface area is 69.2 Å². The molecule has 0 saturated carbocycles. The molecule has 0 aliphatic rings. The highest BCUT2D eigenvalue weighted by atomic mass is 16.5. The molecule has 0 amide bonds. The van der Waals surface area contributed by atoms with Crippen LogP contribution < -0.4 is 0 Å². The molecule has 0 spiro atoms. The summed E-state index contributed by atoms with van der Waals surface area (Å²) in [7, 11) is 0. The average molecular weight is 155 g/mol. The quantitative estimate of drug-likeness (QED) is 0.552. The maximum atomic E-state index is 8.16. The summed E-state index contributed by atoms with van der Waals surface area (Å²) in [6.45, 7) is 4.92. The van der Waals surface area contributed by atoms with Gasteiger partial charge in [-0.3, -0.25) is 0 Å². The number of hydrogen-bond donors (Lipinski definition) is 0. The second-order valence-corrected chi connectivity index (χ2v) is 2.82. The molecule has 0 fully saturated rings. The lowest BCUT2D eigenvalue weighted by Gasteiger charge is -2.10. The van der Waals surface area contributed by atoms with Crippen LogP contribution in [0.1, 0.15) is 39.5 Å². The smallest absolute Gasteiger partial charge is 0.286 e. The van der Waals surface area contributed by atoms with Gasteiger partial charge in [-0.05, 0) is 12.3 Å². The van der Waals surface area contributed by atoms with Gasteiger partial charge >= 0.3 is 0 Å². The summed E-state index contributed by atoms with van der Waals surface area (Å²) in [6, 6.07) is 0. The normalized spacial score (nSPS) is 12.1. The van der Waals surface area contributed by atoms with E-state index in [0.717, 1.165) is 6.42 Å². The topological polar surface area (TPSA) is 33.0 Å². The molecule has 2 heteroatoms. The fourth-order valence-electron chi connectivity index (χ4n) is 1.05. The molecule has 0 aromatic rings. The van der Waals surface area contributed by atoms with E-state index in [1.165, 1.54) is 19.3 Å². The Morgan fingerprint density at radius 3 is 2.64 bits per heavy atom. The molecule has 0 heterocycles. The molecule has 0 radical (unpaired) electrons. The highest BCUT2D eigenvalue weighted by Crippen LogP contribution is 2.12. The Hall–Kier alpha value is -0.710. The highest BCUT2D eigenvalue weighted by Gasteiger charge is 2.05. The first-order valence-corrected chi connectivity index (χ1v) is 4.36. The Bertz CT molecular complexity index is 117. The van der Waals surface area contributed by atoms with Gasteiger partial charge in [0.2, 0.25) is 0 Å². The lowest BCUT2D eigenvalue weighted by Crippen LogP contribution is -2.06. The van der Waals surface area contributed by atoms with Gasteiger partial charge in [-0.15, -0.1) is 0 Å². The van der Waals surface area contributed by atoms with Crippen LogP contribution in [0.4, 0.5) is 0 Å². The van der Waals surface area contributed by atoms with Gasteiger partial charge in [-0.25, -0.2) is 0 Å². The molecule has 0 N–H and O–H groups in total. The van der Waals surface area contributed by atoms with Crippen LogP contribution in [0.3, 0.4) is 0 Å². The van der Waals surface area contributed by atoms with Gasteiger partial charge in [0.1, 0.15) is 6.61 Å². The van der Waals surface area contributed by atoms with Crippen LogP contribution in [0, 0.1) is 17.4 Å². The van der Waals surface area contributed by atoms with E-state index < -0.39 is 0 Å². The van der Waals surface area contributed by atoms with Crippen LogP contribution in [0.15, 0.2) is 0 Å². The number of rotatable bonds is 6. The van der Waals surface area contributed by atoms with Crippen molar-refractivity contribution in [2.45, 2.75) is 39.5 Å². The number of ether oxygens (including phenoxy) is 1. The van der Waals surface area contributed by atoms with Gasteiger partial charge < -0.3 is 4.74 Å². The van der Waals surface area contributed by atoms with Crippen LogP contribution in [0.5, 0.6) is 0 Å². The van der Waals surface area contributed by atoms with Crippen molar-refractivity contribution in [2.75, 3.05) is 6.61 Å². The van der Waals surface area contributed by atoms with E-state index in [9.17, 15) is 0 Å². The standard InChI is InChI=1S/C9H17NO/c1-3-5-6-9(4-2)7-11-8-10/h9H,3-7H2,1-2H3. The van der Waals surface area contributed by atoms with Gasteiger partial charge in [0, 0.05) is 0 Å². The SMILES string of the molecule is CCCCC(CC)COC#N. The lowest BCUT2D eigenvalue weighted by molar-refractivity contribution is 0.198. The van der Waals surface area contributed by atoms with Crippen LogP contribution in [0.25, 0.3) is 0 Å². The van der Waals surface area contributed by atoms with Crippen molar-refractivity contribution in [2.24, 2.45) is 5.92 Å². The van der Waals surface area contributed by atoms with E-state index >= 15 is 0 Å². The summed E-state index contributed by atoms with van der Waals surface area (Å²) in [4.78, 5) is 0. The predicted molar refractivity (Wildman–Crippen MR) is 44.9 cm³/mol. The molecule has 2 nitrogen and oxygen atoms in total. The maximum absolute atomic E-state index is 8.16. The third-order valence-electron chi connectivity index (χ3n) is 1.93. The van der Waals surface area contributed by atoms with Crippen LogP contribution in [0.2, 0.25) is 0 Å². The first-order chi connectivity index (χ1) is 5.35. The molecule has 0 aliphatic carbocycles. The van der Waals surface area contributed by atoms with Gasteiger partial charge in [0.05, 0.1) is 0 Å². The zero-order valence-electron chi connectivity index (χ0n) is 7.47. The zero-order chi connectivity index (χ0) is 8.53. The largest absolute Gasteiger partial charge is 0.427 e. The molecule has 11 heavy (non-hydrogen) atoms. The van der Waals surface area contributed by atoms with E-state index in [1.807, 2.05) is 0 Å². The van der Waals surface area contributed by atoms with Gasteiger partial charge in [0.15, 0.2) is 0 Å². The number of hydrogen-bond acceptors (Lipinski definition) is 2. The summed E-state index contributed by atoms with van der Waals surface area (Å²) in [5.41, 5.74) is 0. The predicted octanol–water partition coefficient (Wildman–Crippen LogP) is 2.70. The minimum atomic E-state index is 0.578. The van der Waals surface area contributed by atoms with Gasteiger partial charge in [0.25, 0.3) is 6.26 Å². The molecule has 0 saturated heterocycles. The van der Waals surface area contributed by atoms with Crippen molar-refractivity contribution in [1.82, 2.24) is 0 Å². The zero-order valence-corrected chi connectivity index (χ0v) is 7.47. The van der Waals surface area contributed by atoms with Crippen LogP contribution in [-0.4, -0.2) is 6.61 Å². The van der Waals surface area contributed by atoms with Crippen molar-refractivity contribution in [1.29, 1.82) is 5.26 Å². The van der Waals surface area contributed by atoms with Crippen LogP contribution >= 0.6 is 0 Å². The summed E-state index contributed by atoms with van der Waals surface area (Å²) in [5, 5.41) is 8.16. The Kier molecular flexibility index (Phi) is 6.92. The van der Waals surface area contributed by atoms with Gasteiger partial charge in [-0.2, -0.15) is 5.26 Å². The molecule has 0 aliphatic heterocycles. The minimum Gasteiger partial charge on any atom is -0.427 e. The molecule has 0 aromatic heterocycles. The highest BCUT2D eigenvalue weighted by molar-refractivity contribution is 4.58.